The molecule has 1 aliphatic carbocycles. The first-order chi connectivity index (χ1) is 8.78. The maximum Gasteiger partial charge on any atom is 0.123 e. The Bertz CT molecular complexity index is 546. The van der Waals surface area contributed by atoms with Crippen LogP contribution in [0, 0.1) is 11.7 Å². The van der Waals surface area contributed by atoms with Crippen LogP contribution in [0.15, 0.2) is 24.4 Å². The van der Waals surface area contributed by atoms with Gasteiger partial charge >= 0.3 is 0 Å². The number of H-pyrrole nitrogens is 1. The van der Waals surface area contributed by atoms with Crippen LogP contribution in [0.3, 0.4) is 0 Å². The fraction of sp³-hybridized carbons (Fsp3) is 0.467. The summed E-state index contributed by atoms with van der Waals surface area (Å²) in [6, 6.07) is 5.58. The van der Waals surface area contributed by atoms with Crippen LogP contribution in [-0.2, 0) is 6.42 Å². The molecule has 2 N–H and O–H groups in total. The summed E-state index contributed by atoms with van der Waals surface area (Å²) in [7, 11) is 2.04. The molecule has 96 valence electrons. The van der Waals surface area contributed by atoms with Crippen molar-refractivity contribution in [3.63, 3.8) is 0 Å². The Morgan fingerprint density at radius 2 is 2.28 bits per heavy atom. The molecule has 1 fully saturated rings. The Morgan fingerprint density at radius 1 is 1.39 bits per heavy atom. The normalized spacial score (nSPS) is 23.9. The van der Waals surface area contributed by atoms with Crippen molar-refractivity contribution < 1.29 is 4.39 Å². The summed E-state index contributed by atoms with van der Waals surface area (Å²) < 4.78 is 13.3. The Labute approximate surface area is 107 Å². The average molecular weight is 246 g/mol. The van der Waals surface area contributed by atoms with Gasteiger partial charge in [0.1, 0.15) is 5.82 Å². The average Bonchev–Trinajstić information content (AvgIpc) is 2.97. The molecule has 0 saturated heterocycles. The third-order valence-corrected chi connectivity index (χ3v) is 4.24. The first-order valence-electron chi connectivity index (χ1n) is 6.70. The van der Waals surface area contributed by atoms with E-state index in [0.717, 1.165) is 17.3 Å². The molecule has 0 radical (unpaired) electrons. The molecule has 18 heavy (non-hydrogen) atoms. The molecule has 0 spiro atoms. The number of benzene rings is 1. The molecule has 2 unspecified atom stereocenters. The van der Waals surface area contributed by atoms with E-state index in [1.54, 1.807) is 6.07 Å². The smallest absolute Gasteiger partial charge is 0.123 e. The minimum absolute atomic E-state index is 0.153. The summed E-state index contributed by atoms with van der Waals surface area (Å²) in [5.41, 5.74) is 2.28. The van der Waals surface area contributed by atoms with Gasteiger partial charge in [0, 0.05) is 23.1 Å². The van der Waals surface area contributed by atoms with Gasteiger partial charge in [0.2, 0.25) is 0 Å². The number of fused-ring (bicyclic) bond motifs is 1. The third-order valence-electron chi connectivity index (χ3n) is 4.24. The highest BCUT2D eigenvalue weighted by atomic mass is 19.1. The Hall–Kier alpha value is -1.35. The van der Waals surface area contributed by atoms with Crippen molar-refractivity contribution in [2.24, 2.45) is 5.92 Å². The second-order valence-electron chi connectivity index (χ2n) is 5.29. The molecule has 1 aromatic heterocycles. The number of rotatable bonds is 3. The zero-order valence-electron chi connectivity index (χ0n) is 10.7. The number of halogens is 1. The molecule has 1 heterocycles. The second-order valence-corrected chi connectivity index (χ2v) is 5.29. The fourth-order valence-corrected chi connectivity index (χ4v) is 3.26. The molecular weight excluding hydrogens is 227 g/mol. The van der Waals surface area contributed by atoms with Gasteiger partial charge in [-0.1, -0.05) is 6.42 Å². The highest BCUT2D eigenvalue weighted by Gasteiger charge is 2.26. The third kappa shape index (κ3) is 2.03. The number of nitrogens with one attached hydrogen (secondary N) is 2. The Morgan fingerprint density at radius 3 is 3.11 bits per heavy atom. The molecule has 2 nitrogen and oxygen atoms in total. The first kappa shape index (κ1) is 11.7. The van der Waals surface area contributed by atoms with Gasteiger partial charge in [-0.25, -0.2) is 4.39 Å². The van der Waals surface area contributed by atoms with E-state index in [-0.39, 0.29) is 5.82 Å². The predicted molar refractivity (Wildman–Crippen MR) is 72.1 cm³/mol. The number of hydrogen-bond donors (Lipinski definition) is 2. The molecule has 0 bridgehead atoms. The van der Waals surface area contributed by atoms with E-state index in [1.165, 1.54) is 30.9 Å². The second kappa shape index (κ2) is 4.73. The molecule has 1 saturated carbocycles. The summed E-state index contributed by atoms with van der Waals surface area (Å²) in [5.74, 6) is 0.525. The highest BCUT2D eigenvalue weighted by molar-refractivity contribution is 5.83. The van der Waals surface area contributed by atoms with Crippen molar-refractivity contribution in [1.29, 1.82) is 0 Å². The molecule has 2 aromatic rings. The fourth-order valence-electron chi connectivity index (χ4n) is 3.26. The van der Waals surface area contributed by atoms with Crippen LogP contribution in [0.4, 0.5) is 4.39 Å². The van der Waals surface area contributed by atoms with Gasteiger partial charge in [0.05, 0.1) is 0 Å². The van der Waals surface area contributed by atoms with E-state index in [4.69, 9.17) is 0 Å². The Balaban J connectivity index is 1.88. The van der Waals surface area contributed by atoms with Crippen molar-refractivity contribution in [3.05, 3.63) is 35.8 Å². The Kier molecular flexibility index (Phi) is 3.08. The van der Waals surface area contributed by atoms with Gasteiger partial charge in [-0.15, -0.1) is 0 Å². The van der Waals surface area contributed by atoms with Crippen LogP contribution in [0.5, 0.6) is 0 Å². The molecule has 0 amide bonds. The molecule has 2 atom stereocenters. The minimum atomic E-state index is -0.153. The lowest BCUT2D eigenvalue weighted by atomic mass is 9.94. The van der Waals surface area contributed by atoms with E-state index < -0.39 is 0 Å². The number of aromatic amines is 1. The number of aromatic nitrogens is 1. The lowest BCUT2D eigenvalue weighted by Gasteiger charge is -2.18. The molecular formula is C15H19FN2. The minimum Gasteiger partial charge on any atom is -0.361 e. The SMILES string of the molecule is CNC1CCCC1Cc1c[nH]c2ccc(F)cc12. The molecule has 3 heteroatoms. The summed E-state index contributed by atoms with van der Waals surface area (Å²) in [6.07, 6.45) is 6.91. The van der Waals surface area contributed by atoms with Crippen molar-refractivity contribution in [1.82, 2.24) is 10.3 Å². The van der Waals surface area contributed by atoms with Crippen LogP contribution in [0.1, 0.15) is 24.8 Å². The number of hydrogen-bond acceptors (Lipinski definition) is 1. The van der Waals surface area contributed by atoms with E-state index in [1.807, 2.05) is 19.3 Å². The quantitative estimate of drug-likeness (QED) is 0.855. The highest BCUT2D eigenvalue weighted by Crippen LogP contribution is 2.31. The lowest BCUT2D eigenvalue weighted by molar-refractivity contribution is 0.424. The standard InChI is InChI=1S/C15H19FN2/c1-17-14-4-2-3-10(14)7-11-9-18-15-6-5-12(16)8-13(11)15/h5-6,8-10,14,17-18H,2-4,7H2,1H3. The monoisotopic (exact) mass is 246 g/mol. The van der Waals surface area contributed by atoms with Crippen LogP contribution in [0.2, 0.25) is 0 Å². The summed E-state index contributed by atoms with van der Waals surface area (Å²) in [6.45, 7) is 0. The van der Waals surface area contributed by atoms with Gasteiger partial charge in [0.25, 0.3) is 0 Å². The van der Waals surface area contributed by atoms with Gasteiger partial charge in [-0.3, -0.25) is 0 Å². The van der Waals surface area contributed by atoms with E-state index in [9.17, 15) is 4.39 Å². The van der Waals surface area contributed by atoms with Crippen molar-refractivity contribution in [2.45, 2.75) is 31.7 Å². The van der Waals surface area contributed by atoms with E-state index in [0.29, 0.717) is 12.0 Å². The topological polar surface area (TPSA) is 27.8 Å². The van der Waals surface area contributed by atoms with E-state index >= 15 is 0 Å². The van der Waals surface area contributed by atoms with Crippen LogP contribution < -0.4 is 5.32 Å². The summed E-state index contributed by atoms with van der Waals surface area (Å²) in [4.78, 5) is 3.24. The predicted octanol–water partition coefficient (Wildman–Crippen LogP) is 3.24. The van der Waals surface area contributed by atoms with Crippen molar-refractivity contribution >= 4 is 10.9 Å². The van der Waals surface area contributed by atoms with E-state index in [2.05, 4.69) is 10.3 Å². The summed E-state index contributed by atoms with van der Waals surface area (Å²) in [5, 5.41) is 4.44. The zero-order chi connectivity index (χ0) is 12.5. The largest absolute Gasteiger partial charge is 0.361 e. The van der Waals surface area contributed by atoms with Gasteiger partial charge in [-0.05, 0) is 56.0 Å². The van der Waals surface area contributed by atoms with Crippen LogP contribution >= 0.6 is 0 Å². The van der Waals surface area contributed by atoms with Crippen molar-refractivity contribution in [2.75, 3.05) is 7.05 Å². The van der Waals surface area contributed by atoms with Gasteiger partial charge in [-0.2, -0.15) is 0 Å². The van der Waals surface area contributed by atoms with Gasteiger partial charge in [0.15, 0.2) is 0 Å². The molecule has 0 aliphatic heterocycles. The zero-order valence-corrected chi connectivity index (χ0v) is 10.7. The maximum atomic E-state index is 13.3. The first-order valence-corrected chi connectivity index (χ1v) is 6.70. The molecule has 3 rings (SSSR count). The summed E-state index contributed by atoms with van der Waals surface area (Å²) >= 11 is 0. The van der Waals surface area contributed by atoms with Crippen molar-refractivity contribution in [3.8, 4) is 0 Å². The van der Waals surface area contributed by atoms with Crippen LogP contribution in [-0.4, -0.2) is 18.1 Å². The van der Waals surface area contributed by atoms with Gasteiger partial charge < -0.3 is 10.3 Å². The lowest BCUT2D eigenvalue weighted by Crippen LogP contribution is -2.29. The molecule has 1 aromatic carbocycles. The maximum absolute atomic E-state index is 13.3. The molecule has 1 aliphatic rings. The van der Waals surface area contributed by atoms with Crippen LogP contribution in [0.25, 0.3) is 10.9 Å².